The van der Waals surface area contributed by atoms with Crippen molar-refractivity contribution in [1.82, 2.24) is 5.32 Å². The van der Waals surface area contributed by atoms with Crippen LogP contribution in [0.2, 0.25) is 0 Å². The molecule has 1 atom stereocenters. The van der Waals surface area contributed by atoms with E-state index in [-0.39, 0.29) is 6.61 Å². The molecule has 0 spiro atoms. The monoisotopic (exact) mass is 223 g/mol. The van der Waals surface area contributed by atoms with Gasteiger partial charge in [-0.15, -0.1) is 0 Å². The van der Waals surface area contributed by atoms with Crippen LogP contribution in [0.3, 0.4) is 0 Å². The first-order chi connectivity index (χ1) is 7.44. The first kappa shape index (κ1) is 13.2. The van der Waals surface area contributed by atoms with Crippen LogP contribution in [-0.4, -0.2) is 29.0 Å². The highest BCUT2D eigenvalue weighted by molar-refractivity contribution is 5.30. The second-order valence-corrected chi connectivity index (χ2v) is 4.69. The van der Waals surface area contributed by atoms with Gasteiger partial charge in [0, 0.05) is 13.1 Å². The van der Waals surface area contributed by atoms with Crippen LogP contribution >= 0.6 is 0 Å². The first-order valence-corrected chi connectivity index (χ1v) is 5.55. The number of rotatable bonds is 5. The van der Waals surface area contributed by atoms with Crippen LogP contribution in [0.15, 0.2) is 18.2 Å². The molecule has 0 radical (unpaired) electrons. The number of aliphatic hydroxyl groups excluding tert-OH is 1. The van der Waals surface area contributed by atoms with Crippen molar-refractivity contribution in [3.63, 3.8) is 0 Å². The summed E-state index contributed by atoms with van der Waals surface area (Å²) in [6, 6.07) is 6.31. The van der Waals surface area contributed by atoms with E-state index in [9.17, 15) is 5.11 Å². The third-order valence-electron chi connectivity index (χ3n) is 2.66. The highest BCUT2D eigenvalue weighted by atomic mass is 16.3. The molecule has 1 aromatic rings. The van der Waals surface area contributed by atoms with Crippen molar-refractivity contribution >= 4 is 0 Å². The molecule has 0 fully saturated rings. The summed E-state index contributed by atoms with van der Waals surface area (Å²) in [7, 11) is 0. The molecule has 3 nitrogen and oxygen atoms in total. The summed E-state index contributed by atoms with van der Waals surface area (Å²) < 4.78 is 0. The molecule has 0 amide bonds. The smallest absolute Gasteiger partial charge is 0.0972 e. The van der Waals surface area contributed by atoms with Gasteiger partial charge < -0.3 is 15.5 Å². The van der Waals surface area contributed by atoms with Gasteiger partial charge in [-0.3, -0.25) is 0 Å². The van der Waals surface area contributed by atoms with Gasteiger partial charge in [0.05, 0.1) is 12.2 Å². The van der Waals surface area contributed by atoms with Gasteiger partial charge >= 0.3 is 0 Å². The molecule has 0 heterocycles. The molecule has 0 aromatic heterocycles. The highest BCUT2D eigenvalue weighted by Gasteiger charge is 2.17. The minimum absolute atomic E-state index is 0.229. The van der Waals surface area contributed by atoms with E-state index >= 15 is 0 Å². The Morgan fingerprint density at radius 2 is 2.00 bits per heavy atom. The van der Waals surface area contributed by atoms with Crippen LogP contribution in [-0.2, 0) is 6.54 Å². The van der Waals surface area contributed by atoms with Gasteiger partial charge in [-0.05, 0) is 31.9 Å². The lowest BCUT2D eigenvalue weighted by Gasteiger charge is -2.21. The zero-order chi connectivity index (χ0) is 12.2. The Morgan fingerprint density at radius 1 is 1.31 bits per heavy atom. The molecule has 0 aliphatic heterocycles. The average Bonchev–Trinajstić information content (AvgIpc) is 2.21. The summed E-state index contributed by atoms with van der Waals surface area (Å²) in [5.41, 5.74) is 2.68. The average molecular weight is 223 g/mol. The maximum atomic E-state index is 9.60. The highest BCUT2D eigenvalue weighted by Crippen LogP contribution is 2.10. The number of aliphatic hydroxyl groups is 2. The van der Waals surface area contributed by atoms with E-state index in [2.05, 4.69) is 37.4 Å². The van der Waals surface area contributed by atoms with Crippen molar-refractivity contribution in [3.05, 3.63) is 34.9 Å². The van der Waals surface area contributed by atoms with Gasteiger partial charge in [0.15, 0.2) is 0 Å². The first-order valence-electron chi connectivity index (χ1n) is 5.55. The van der Waals surface area contributed by atoms with Crippen LogP contribution in [0, 0.1) is 13.8 Å². The molecule has 3 N–H and O–H groups in total. The van der Waals surface area contributed by atoms with Gasteiger partial charge in [0.25, 0.3) is 0 Å². The summed E-state index contributed by atoms with van der Waals surface area (Å²) in [5, 5.41) is 21.6. The molecule has 0 saturated heterocycles. The number of hydrogen-bond donors (Lipinski definition) is 3. The van der Waals surface area contributed by atoms with Crippen LogP contribution in [0.25, 0.3) is 0 Å². The van der Waals surface area contributed by atoms with Crippen LogP contribution in [0.4, 0.5) is 0 Å². The SMILES string of the molecule is Cc1ccc(CNCC(C)(O)CO)c(C)c1. The molecule has 1 unspecified atom stereocenters. The van der Waals surface area contributed by atoms with Crippen molar-refractivity contribution in [2.24, 2.45) is 0 Å². The van der Waals surface area contributed by atoms with E-state index in [1.807, 2.05) is 0 Å². The maximum absolute atomic E-state index is 9.60. The lowest BCUT2D eigenvalue weighted by molar-refractivity contribution is 0.00253. The Labute approximate surface area is 97.1 Å². The fourth-order valence-corrected chi connectivity index (χ4v) is 1.57. The maximum Gasteiger partial charge on any atom is 0.0972 e. The van der Waals surface area contributed by atoms with Crippen molar-refractivity contribution < 1.29 is 10.2 Å². The van der Waals surface area contributed by atoms with E-state index in [4.69, 9.17) is 5.11 Å². The predicted molar refractivity (Wildman–Crippen MR) is 65.3 cm³/mol. The van der Waals surface area contributed by atoms with Crippen LogP contribution in [0.1, 0.15) is 23.6 Å². The normalized spacial score (nSPS) is 14.8. The molecule has 0 saturated carbocycles. The molecule has 1 rings (SSSR count). The molecule has 90 valence electrons. The van der Waals surface area contributed by atoms with E-state index in [0.29, 0.717) is 13.1 Å². The third-order valence-corrected chi connectivity index (χ3v) is 2.66. The Hall–Kier alpha value is -0.900. The molecule has 0 bridgehead atoms. The van der Waals surface area contributed by atoms with Gasteiger partial charge in [-0.2, -0.15) is 0 Å². The molecular weight excluding hydrogens is 202 g/mol. The number of nitrogens with one attached hydrogen (secondary N) is 1. The van der Waals surface area contributed by atoms with Gasteiger partial charge in [-0.1, -0.05) is 23.8 Å². The van der Waals surface area contributed by atoms with Gasteiger partial charge in [0.1, 0.15) is 0 Å². The predicted octanol–water partition coefficient (Wildman–Crippen LogP) is 1.14. The van der Waals surface area contributed by atoms with Gasteiger partial charge in [0.2, 0.25) is 0 Å². The second kappa shape index (κ2) is 5.43. The minimum atomic E-state index is -1.04. The van der Waals surface area contributed by atoms with Gasteiger partial charge in [-0.25, -0.2) is 0 Å². The fraction of sp³-hybridized carbons (Fsp3) is 0.538. The minimum Gasteiger partial charge on any atom is -0.393 e. The standard InChI is InChI=1S/C13H21NO2/c1-10-4-5-12(11(2)6-10)7-14-8-13(3,16)9-15/h4-6,14-16H,7-9H2,1-3H3. The van der Waals surface area contributed by atoms with Crippen molar-refractivity contribution in [3.8, 4) is 0 Å². The van der Waals surface area contributed by atoms with E-state index in [1.54, 1.807) is 6.92 Å². The zero-order valence-corrected chi connectivity index (χ0v) is 10.2. The Kier molecular flexibility index (Phi) is 4.47. The number of benzene rings is 1. The molecule has 0 aliphatic rings. The van der Waals surface area contributed by atoms with E-state index in [1.165, 1.54) is 16.7 Å². The number of aryl methyl sites for hydroxylation is 2. The van der Waals surface area contributed by atoms with E-state index in [0.717, 1.165) is 0 Å². The lowest BCUT2D eigenvalue weighted by Crippen LogP contribution is -2.40. The summed E-state index contributed by atoms with van der Waals surface area (Å²) in [6.07, 6.45) is 0. The molecule has 3 heteroatoms. The van der Waals surface area contributed by atoms with Crippen molar-refractivity contribution in [2.75, 3.05) is 13.2 Å². The van der Waals surface area contributed by atoms with Crippen molar-refractivity contribution in [1.29, 1.82) is 0 Å². The molecule has 0 aliphatic carbocycles. The Morgan fingerprint density at radius 3 is 2.56 bits per heavy atom. The summed E-state index contributed by atoms with van der Waals surface area (Å²) in [5.74, 6) is 0. The second-order valence-electron chi connectivity index (χ2n) is 4.69. The summed E-state index contributed by atoms with van der Waals surface area (Å²) in [6.45, 7) is 6.63. The van der Waals surface area contributed by atoms with Crippen molar-refractivity contribution in [2.45, 2.75) is 32.9 Å². The van der Waals surface area contributed by atoms with E-state index < -0.39 is 5.60 Å². The van der Waals surface area contributed by atoms with Crippen LogP contribution in [0.5, 0.6) is 0 Å². The summed E-state index contributed by atoms with van der Waals surface area (Å²) in [4.78, 5) is 0. The summed E-state index contributed by atoms with van der Waals surface area (Å²) >= 11 is 0. The number of hydrogen-bond acceptors (Lipinski definition) is 3. The Balaban J connectivity index is 2.49. The zero-order valence-electron chi connectivity index (χ0n) is 10.2. The third kappa shape index (κ3) is 3.93. The molecule has 1 aromatic carbocycles. The van der Waals surface area contributed by atoms with Crippen LogP contribution < -0.4 is 5.32 Å². The topological polar surface area (TPSA) is 52.5 Å². The quantitative estimate of drug-likeness (QED) is 0.701. The molecular formula is C13H21NO2. The lowest BCUT2D eigenvalue weighted by atomic mass is 10.0. The molecule has 16 heavy (non-hydrogen) atoms. The Bertz CT molecular complexity index is 348. The largest absolute Gasteiger partial charge is 0.393 e. The fourth-order valence-electron chi connectivity index (χ4n) is 1.57.